The van der Waals surface area contributed by atoms with E-state index in [1.165, 1.54) is 33.1 Å². The predicted octanol–water partition coefficient (Wildman–Crippen LogP) is 2.57. The normalized spacial score (nSPS) is 17.7. The van der Waals surface area contributed by atoms with Gasteiger partial charge in [0, 0.05) is 11.6 Å². The Morgan fingerprint density at radius 2 is 1.81 bits per heavy atom. The van der Waals surface area contributed by atoms with Gasteiger partial charge in [-0.1, -0.05) is 23.7 Å². The number of sulfonamides is 2. The van der Waals surface area contributed by atoms with Crippen LogP contribution in [0.1, 0.15) is 19.4 Å². The van der Waals surface area contributed by atoms with Crippen LogP contribution in [-0.4, -0.2) is 42.2 Å². The summed E-state index contributed by atoms with van der Waals surface area (Å²) in [6.07, 6.45) is 0.422. The van der Waals surface area contributed by atoms with Gasteiger partial charge in [-0.3, -0.25) is 4.79 Å². The molecule has 168 valence electrons. The summed E-state index contributed by atoms with van der Waals surface area (Å²) in [7, 11) is -6.66. The van der Waals surface area contributed by atoms with Gasteiger partial charge in [-0.05, 0) is 56.2 Å². The lowest BCUT2D eigenvalue weighted by Crippen LogP contribution is -2.33. The van der Waals surface area contributed by atoms with E-state index in [-0.39, 0.29) is 28.6 Å². The van der Waals surface area contributed by atoms with Crippen molar-refractivity contribution in [1.29, 1.82) is 0 Å². The predicted molar refractivity (Wildman–Crippen MR) is 118 cm³/mol. The largest absolute Gasteiger partial charge is 0.495 e. The molecule has 31 heavy (non-hydrogen) atoms. The summed E-state index contributed by atoms with van der Waals surface area (Å²) < 4.78 is 59.3. The molecular weight excluding hydrogens is 464 g/mol. The van der Waals surface area contributed by atoms with E-state index in [2.05, 4.69) is 4.72 Å². The van der Waals surface area contributed by atoms with E-state index in [9.17, 15) is 21.6 Å². The average Bonchev–Trinajstić information content (AvgIpc) is 2.85. The molecule has 1 fully saturated rings. The summed E-state index contributed by atoms with van der Waals surface area (Å²) in [5.74, 6) is -0.936. The maximum absolute atomic E-state index is 12.9. The van der Waals surface area contributed by atoms with Gasteiger partial charge in [0.1, 0.15) is 10.6 Å². The van der Waals surface area contributed by atoms with Crippen molar-refractivity contribution < 1.29 is 26.4 Å². The SMILES string of the molecule is COc1ccc(N2C(=O)C(C)(C)CS2(=O)=O)cc1S(=O)(=O)NCCc1ccc(Cl)cc1. The van der Waals surface area contributed by atoms with Gasteiger partial charge in [0.05, 0.1) is 24.0 Å². The van der Waals surface area contributed by atoms with E-state index >= 15 is 0 Å². The molecule has 0 spiro atoms. The Labute approximate surface area is 187 Å². The quantitative estimate of drug-likeness (QED) is 0.644. The minimum Gasteiger partial charge on any atom is -0.495 e. The van der Waals surface area contributed by atoms with Crippen molar-refractivity contribution >= 4 is 43.2 Å². The van der Waals surface area contributed by atoms with Crippen molar-refractivity contribution in [3.05, 3.63) is 53.1 Å². The number of halogens is 1. The van der Waals surface area contributed by atoms with Gasteiger partial charge < -0.3 is 4.74 Å². The van der Waals surface area contributed by atoms with Gasteiger partial charge in [0.25, 0.3) is 0 Å². The summed E-state index contributed by atoms with van der Waals surface area (Å²) in [6.45, 7) is 3.17. The Balaban J connectivity index is 1.89. The maximum Gasteiger partial charge on any atom is 0.247 e. The number of nitrogens with zero attached hydrogens (tertiary/aromatic N) is 1. The standard InChI is InChI=1S/C20H23ClN2O6S2/c1-20(2)13-30(25,26)23(19(20)24)16-8-9-17(29-3)18(12-16)31(27,28)22-11-10-14-4-6-15(21)7-5-14/h4-9,12,22H,10-11,13H2,1-3H3. The van der Waals surface area contributed by atoms with Crippen LogP contribution in [0.5, 0.6) is 5.75 Å². The molecule has 2 aromatic carbocycles. The second-order valence-electron chi connectivity index (χ2n) is 7.82. The number of carbonyl (C=O) groups excluding carboxylic acids is 1. The monoisotopic (exact) mass is 486 g/mol. The highest BCUT2D eigenvalue weighted by atomic mass is 35.5. The van der Waals surface area contributed by atoms with Crippen LogP contribution in [0.15, 0.2) is 47.4 Å². The van der Waals surface area contributed by atoms with Crippen LogP contribution in [0, 0.1) is 5.41 Å². The van der Waals surface area contributed by atoms with Gasteiger partial charge in [0.15, 0.2) is 0 Å². The molecule has 0 unspecified atom stereocenters. The molecule has 1 heterocycles. The molecule has 1 N–H and O–H groups in total. The number of hydrogen-bond donors (Lipinski definition) is 1. The van der Waals surface area contributed by atoms with Gasteiger partial charge >= 0.3 is 0 Å². The molecular formula is C20H23ClN2O6S2. The summed E-state index contributed by atoms with van der Waals surface area (Å²) in [5, 5.41) is 0.584. The number of ether oxygens (including phenoxy) is 1. The molecule has 0 aliphatic carbocycles. The van der Waals surface area contributed by atoms with Gasteiger partial charge in [-0.15, -0.1) is 0 Å². The summed E-state index contributed by atoms with van der Waals surface area (Å²) >= 11 is 5.85. The molecule has 0 saturated carbocycles. The fourth-order valence-electron chi connectivity index (χ4n) is 3.32. The number of hydrogen-bond acceptors (Lipinski definition) is 6. The van der Waals surface area contributed by atoms with Crippen molar-refractivity contribution in [3.63, 3.8) is 0 Å². The van der Waals surface area contributed by atoms with Crippen LogP contribution >= 0.6 is 11.6 Å². The Kier molecular flexibility index (Phi) is 6.39. The van der Waals surface area contributed by atoms with Crippen LogP contribution in [-0.2, 0) is 31.3 Å². The van der Waals surface area contributed by atoms with Crippen LogP contribution in [0.4, 0.5) is 5.69 Å². The summed E-state index contributed by atoms with van der Waals surface area (Å²) in [6, 6.07) is 10.8. The fourth-order valence-corrected chi connectivity index (χ4v) is 6.77. The number of rotatable bonds is 7. The Bertz CT molecular complexity index is 1210. The minimum atomic E-state index is -4.05. The zero-order valence-corrected chi connectivity index (χ0v) is 19.6. The third kappa shape index (κ3) is 4.87. The molecule has 8 nitrogen and oxygen atoms in total. The zero-order valence-electron chi connectivity index (χ0n) is 17.3. The van der Waals surface area contributed by atoms with E-state index in [0.717, 1.165) is 11.6 Å². The van der Waals surface area contributed by atoms with Crippen LogP contribution in [0.2, 0.25) is 5.02 Å². The number of carbonyl (C=O) groups is 1. The number of methoxy groups -OCH3 is 1. The fraction of sp³-hybridized carbons (Fsp3) is 0.350. The van der Waals surface area contributed by atoms with E-state index in [0.29, 0.717) is 15.7 Å². The minimum absolute atomic E-state index is 0.0334. The Hall–Kier alpha value is -2.14. The molecule has 0 atom stereocenters. The summed E-state index contributed by atoms with van der Waals surface area (Å²) in [4.78, 5) is 12.4. The molecule has 1 aliphatic rings. The molecule has 0 aromatic heterocycles. The van der Waals surface area contributed by atoms with E-state index in [1.54, 1.807) is 24.3 Å². The second kappa shape index (κ2) is 8.42. The zero-order chi connectivity index (χ0) is 23.0. The van der Waals surface area contributed by atoms with Crippen LogP contribution in [0.3, 0.4) is 0 Å². The molecule has 1 aliphatic heterocycles. The van der Waals surface area contributed by atoms with Crippen molar-refractivity contribution in [3.8, 4) is 5.75 Å². The molecule has 3 rings (SSSR count). The number of anilines is 1. The lowest BCUT2D eigenvalue weighted by atomic mass is 9.95. The first kappa shape index (κ1) is 23.5. The number of benzene rings is 2. The Morgan fingerprint density at radius 3 is 2.35 bits per heavy atom. The molecule has 2 aromatic rings. The highest BCUT2D eigenvalue weighted by molar-refractivity contribution is 7.94. The van der Waals surface area contributed by atoms with E-state index in [4.69, 9.17) is 16.3 Å². The van der Waals surface area contributed by atoms with Crippen molar-refractivity contribution in [2.75, 3.05) is 23.7 Å². The van der Waals surface area contributed by atoms with Crippen LogP contribution in [0.25, 0.3) is 0 Å². The third-order valence-electron chi connectivity index (χ3n) is 4.88. The van der Waals surface area contributed by atoms with Crippen molar-refractivity contribution in [2.24, 2.45) is 5.41 Å². The maximum atomic E-state index is 12.9. The highest BCUT2D eigenvalue weighted by Crippen LogP contribution is 2.38. The average molecular weight is 487 g/mol. The third-order valence-corrected chi connectivity index (χ3v) is 8.63. The molecule has 0 radical (unpaired) electrons. The smallest absolute Gasteiger partial charge is 0.247 e. The lowest BCUT2D eigenvalue weighted by molar-refractivity contribution is -0.123. The molecule has 11 heteroatoms. The number of amides is 1. The van der Waals surface area contributed by atoms with Crippen molar-refractivity contribution in [2.45, 2.75) is 25.2 Å². The number of nitrogens with one attached hydrogen (secondary N) is 1. The van der Waals surface area contributed by atoms with Gasteiger partial charge in [-0.25, -0.2) is 25.9 Å². The molecule has 1 amide bonds. The van der Waals surface area contributed by atoms with Crippen LogP contribution < -0.4 is 13.8 Å². The van der Waals surface area contributed by atoms with Gasteiger partial charge in [-0.2, -0.15) is 0 Å². The second-order valence-corrected chi connectivity index (χ2v) is 11.8. The first-order chi connectivity index (χ1) is 14.4. The van der Waals surface area contributed by atoms with E-state index in [1.807, 2.05) is 0 Å². The molecule has 1 saturated heterocycles. The Morgan fingerprint density at radius 1 is 1.16 bits per heavy atom. The summed E-state index contributed by atoms with van der Waals surface area (Å²) in [5.41, 5.74) is -0.257. The van der Waals surface area contributed by atoms with Gasteiger partial charge in [0.2, 0.25) is 26.0 Å². The topological polar surface area (TPSA) is 110 Å². The van der Waals surface area contributed by atoms with Crippen molar-refractivity contribution in [1.82, 2.24) is 4.72 Å². The first-order valence-corrected chi connectivity index (χ1v) is 12.8. The lowest BCUT2D eigenvalue weighted by Gasteiger charge is -2.19. The first-order valence-electron chi connectivity index (χ1n) is 9.37. The highest BCUT2D eigenvalue weighted by Gasteiger charge is 2.50. The molecule has 0 bridgehead atoms. The van der Waals surface area contributed by atoms with E-state index < -0.39 is 31.4 Å².